The van der Waals surface area contributed by atoms with Crippen molar-refractivity contribution < 1.29 is 25.1 Å². The van der Waals surface area contributed by atoms with E-state index in [4.69, 9.17) is 4.99 Å². The number of hydrogen-bond donors (Lipinski definition) is 4. The topological polar surface area (TPSA) is 106 Å². The van der Waals surface area contributed by atoms with Gasteiger partial charge in [0.1, 0.15) is 0 Å². The van der Waals surface area contributed by atoms with Crippen LogP contribution in [0.3, 0.4) is 0 Å². The van der Waals surface area contributed by atoms with Gasteiger partial charge in [-0.05, 0) is 154 Å². The smallest absolute Gasteiger partial charge is 0.0763 e. The number of aliphatic hydroxyl groups excluding tert-OH is 2. The van der Waals surface area contributed by atoms with E-state index >= 15 is 0 Å². The van der Waals surface area contributed by atoms with E-state index in [-0.39, 0.29) is 40.9 Å². The van der Waals surface area contributed by atoms with Crippen molar-refractivity contribution in [1.29, 1.82) is 0 Å². The Labute approximate surface area is 339 Å². The molecule has 0 saturated heterocycles. The highest BCUT2D eigenvalue weighted by atomic mass is 19.0. The van der Waals surface area contributed by atoms with Gasteiger partial charge in [-0.3, -0.25) is 14.7 Å². The Hall–Kier alpha value is -1.41. The summed E-state index contributed by atoms with van der Waals surface area (Å²) in [7, 11) is 0. The molecule has 2 heterocycles. The molecule has 7 heteroatoms. The Balaban J connectivity index is 0.000000166. The Kier molecular flexibility index (Phi) is 11.2. The minimum atomic E-state index is -0.803. The van der Waals surface area contributed by atoms with Gasteiger partial charge in [0.2, 0.25) is 0 Å². The standard InChI is InChI=1S/C25H39NO.C23H35NO3.CH4.FH/c1-16-9-11-23(3)18(14-16)7-8-19-21(23)15-17(2)24(4)20(10-12-25(19,24)27)22-6-5-13-26-22;1-21-9-7-15(25)12-14(21)5-6-16-18(21)13-20(26)22(2)17(8-10-23(16,22)27)19-4-3-11-24-19;;/h6,13,16-21,27H,5,7-12,14-15H2,1-4H3;4,11,14-18,20,25-27H,3,5-10,12-13H2,1-2H3;1H4;1H/t16-,17+,18+,19?,20+,21?,23-,24+,25-;14-,15+,16?,17-,18?,20-,21+,22+,23+;;/m01../s1. The van der Waals surface area contributed by atoms with Crippen LogP contribution in [0.15, 0.2) is 33.5 Å². The number of nitrogens with zero attached hydrogens (tertiary/aromatic N) is 2. The van der Waals surface area contributed by atoms with Gasteiger partial charge in [0, 0.05) is 59.3 Å². The number of fused-ring (bicyclic) bond motifs is 10. The number of allylic oxidation sites excluding steroid dienone is 4. The van der Waals surface area contributed by atoms with Crippen molar-refractivity contribution in [2.75, 3.05) is 0 Å². The number of hydrogen-bond acceptors (Lipinski definition) is 6. The predicted octanol–water partition coefficient (Wildman–Crippen LogP) is 10.2. The molecule has 8 saturated carbocycles. The highest BCUT2D eigenvalue weighted by Gasteiger charge is 2.72. The lowest BCUT2D eigenvalue weighted by Crippen LogP contribution is -2.66. The van der Waals surface area contributed by atoms with Gasteiger partial charge in [0.05, 0.1) is 23.4 Å². The summed E-state index contributed by atoms with van der Waals surface area (Å²) >= 11 is 0. The van der Waals surface area contributed by atoms with Crippen molar-refractivity contribution in [3.63, 3.8) is 0 Å². The van der Waals surface area contributed by atoms with Gasteiger partial charge in [0.25, 0.3) is 0 Å². The van der Waals surface area contributed by atoms with E-state index in [1.54, 1.807) is 0 Å². The molecular weight excluding hydrogens is 700 g/mol. The summed E-state index contributed by atoms with van der Waals surface area (Å²) in [5.74, 6) is 5.35. The molecule has 10 rings (SSSR count). The normalized spacial score (nSPS) is 55.0. The van der Waals surface area contributed by atoms with Crippen molar-refractivity contribution in [2.24, 2.45) is 90.8 Å². The Bertz CT molecular complexity index is 1500. The Morgan fingerprint density at radius 2 is 1.07 bits per heavy atom. The highest BCUT2D eigenvalue weighted by Crippen LogP contribution is 2.73. The first-order valence-corrected chi connectivity index (χ1v) is 22.9. The third-order valence-electron chi connectivity index (χ3n) is 20.6. The molecule has 0 aromatic rings. The first kappa shape index (κ1) is 42.7. The maximum atomic E-state index is 12.3. The van der Waals surface area contributed by atoms with E-state index in [0.717, 1.165) is 101 Å². The van der Waals surface area contributed by atoms with Crippen LogP contribution in [0.1, 0.15) is 165 Å². The zero-order valence-corrected chi connectivity index (χ0v) is 35.1. The summed E-state index contributed by atoms with van der Waals surface area (Å²) in [6, 6.07) is 0. The lowest BCUT2D eigenvalue weighted by Gasteiger charge is -2.65. The summed E-state index contributed by atoms with van der Waals surface area (Å²) in [5, 5.41) is 46.1. The number of rotatable bonds is 2. The molecule has 0 spiro atoms. The van der Waals surface area contributed by atoms with Gasteiger partial charge in [-0.15, -0.1) is 0 Å². The summed E-state index contributed by atoms with van der Waals surface area (Å²) in [4.78, 5) is 9.33. The van der Waals surface area contributed by atoms with Gasteiger partial charge in [-0.2, -0.15) is 0 Å². The van der Waals surface area contributed by atoms with Crippen molar-refractivity contribution >= 4 is 12.4 Å². The first-order valence-electron chi connectivity index (χ1n) is 22.9. The van der Waals surface area contributed by atoms with Gasteiger partial charge in [-0.1, -0.05) is 67.5 Å². The van der Waals surface area contributed by atoms with Crippen molar-refractivity contribution in [2.45, 2.75) is 188 Å². The maximum absolute atomic E-state index is 12.3. The lowest BCUT2D eigenvalue weighted by molar-refractivity contribution is -0.244. The van der Waals surface area contributed by atoms with Crippen LogP contribution < -0.4 is 0 Å². The van der Waals surface area contributed by atoms with Crippen molar-refractivity contribution in [1.82, 2.24) is 0 Å². The van der Waals surface area contributed by atoms with Crippen LogP contribution in [-0.4, -0.2) is 56.3 Å². The predicted molar refractivity (Wildman–Crippen MR) is 226 cm³/mol. The summed E-state index contributed by atoms with van der Waals surface area (Å²) in [5.41, 5.74) is 1.18. The second-order valence-electron chi connectivity index (χ2n) is 22.1. The minimum Gasteiger partial charge on any atom is -0.393 e. The zero-order valence-electron chi connectivity index (χ0n) is 35.1. The second kappa shape index (κ2) is 14.6. The SMILES string of the molecule is C.C[C@H]1CC[C@]2(C)C3C[C@@H](C)[C@]4(C)[C@@H](C5=CCC=N5)CC[C@]4(O)C3CC[C@@H]2C1.C[C@]12[C@H](O)CC3C(CC[C@@H]4C[C@@H](O)CC[C@]34C)[C@@]1(O)CC[C@@H]2C1=CCC=N1.F. The lowest BCUT2D eigenvalue weighted by atomic mass is 9.41. The molecule has 8 aliphatic carbocycles. The Morgan fingerprint density at radius 1 is 0.571 bits per heavy atom. The molecule has 4 unspecified atom stereocenters. The molecule has 6 nitrogen and oxygen atoms in total. The van der Waals surface area contributed by atoms with Crippen molar-refractivity contribution in [3.05, 3.63) is 23.5 Å². The van der Waals surface area contributed by atoms with Gasteiger partial charge >= 0.3 is 0 Å². The number of aliphatic imine (C=N–C) groups is 2. The second-order valence-corrected chi connectivity index (χ2v) is 22.1. The monoisotopic (exact) mass is 779 g/mol. The largest absolute Gasteiger partial charge is 0.393 e. The van der Waals surface area contributed by atoms with E-state index < -0.39 is 22.7 Å². The molecule has 0 amide bonds. The van der Waals surface area contributed by atoms with Gasteiger partial charge in [-0.25, -0.2) is 0 Å². The molecule has 56 heavy (non-hydrogen) atoms. The van der Waals surface area contributed by atoms with E-state index in [1.807, 2.05) is 6.21 Å². The molecule has 18 atom stereocenters. The number of aliphatic hydroxyl groups is 4. The van der Waals surface area contributed by atoms with E-state index in [1.165, 1.54) is 44.2 Å². The Morgan fingerprint density at radius 3 is 1.62 bits per heavy atom. The first-order chi connectivity index (χ1) is 25.6. The fourth-order valence-electron chi connectivity index (χ4n) is 17.2. The molecule has 316 valence electrons. The summed E-state index contributed by atoms with van der Waals surface area (Å²) < 4.78 is 0. The average Bonchev–Trinajstić information content (AvgIpc) is 3.95. The zero-order chi connectivity index (χ0) is 38.1. The average molecular weight is 779 g/mol. The molecule has 0 aromatic carbocycles. The van der Waals surface area contributed by atoms with Gasteiger partial charge in [0.15, 0.2) is 0 Å². The quantitative estimate of drug-likeness (QED) is 0.224. The van der Waals surface area contributed by atoms with E-state index in [2.05, 4.69) is 64.9 Å². The third-order valence-corrected chi connectivity index (χ3v) is 20.6. The number of halogens is 1. The van der Waals surface area contributed by atoms with Crippen molar-refractivity contribution in [3.8, 4) is 0 Å². The van der Waals surface area contributed by atoms with Crippen LogP contribution in [0.4, 0.5) is 4.70 Å². The summed E-state index contributed by atoms with van der Waals surface area (Å²) in [6.07, 6.45) is 27.4. The van der Waals surface area contributed by atoms with E-state index in [0.29, 0.717) is 35.0 Å². The maximum Gasteiger partial charge on any atom is 0.0763 e. The third kappa shape index (κ3) is 5.71. The molecule has 2 aliphatic heterocycles. The van der Waals surface area contributed by atoms with E-state index in [9.17, 15) is 20.4 Å². The fourth-order valence-corrected chi connectivity index (χ4v) is 17.2. The van der Waals surface area contributed by atoms with Crippen LogP contribution in [0.25, 0.3) is 0 Å². The van der Waals surface area contributed by atoms with Crippen LogP contribution >= 0.6 is 0 Å². The highest BCUT2D eigenvalue weighted by molar-refractivity contribution is 5.65. The summed E-state index contributed by atoms with van der Waals surface area (Å²) in [6.45, 7) is 14.5. The van der Waals surface area contributed by atoms with Crippen LogP contribution in [0.5, 0.6) is 0 Å². The molecule has 0 radical (unpaired) electrons. The fraction of sp³-hybridized carbons (Fsp3) is 0.878. The minimum absolute atomic E-state index is 0. The molecule has 0 bridgehead atoms. The van der Waals surface area contributed by atoms with Crippen LogP contribution in [0, 0.1) is 80.8 Å². The molecule has 10 aliphatic rings. The van der Waals surface area contributed by atoms with Crippen LogP contribution in [-0.2, 0) is 0 Å². The molecule has 8 fully saturated rings. The van der Waals surface area contributed by atoms with Crippen LogP contribution in [0.2, 0.25) is 0 Å². The molecule has 0 aromatic heterocycles. The molecule has 4 N–H and O–H groups in total. The van der Waals surface area contributed by atoms with Gasteiger partial charge < -0.3 is 20.4 Å². The molecular formula is C49H79FN2O4.